The quantitative estimate of drug-likeness (QED) is 0.633. The second-order valence-corrected chi connectivity index (χ2v) is 3.86. The third-order valence-corrected chi connectivity index (χ3v) is 3.11. The van der Waals surface area contributed by atoms with E-state index in [0.717, 1.165) is 13.1 Å². The monoisotopic (exact) mass is 173 g/mol. The van der Waals surface area contributed by atoms with E-state index in [2.05, 4.69) is 34.9 Å². The Morgan fingerprint density at radius 2 is 2.23 bits per heavy atom. The van der Waals surface area contributed by atoms with Crippen molar-refractivity contribution in [2.45, 2.75) is 18.4 Å². The zero-order valence-corrected chi connectivity index (χ0v) is 7.53. The summed E-state index contributed by atoms with van der Waals surface area (Å²) >= 11 is 0. The van der Waals surface area contributed by atoms with Crippen LogP contribution >= 0.6 is 0 Å². The largest absolute Gasteiger partial charge is 0.381 e. The van der Waals surface area contributed by atoms with Gasteiger partial charge in [-0.05, 0) is 18.1 Å². The molecule has 67 valence electrons. The topological polar surface area (TPSA) is 26.1 Å². The third-order valence-electron chi connectivity index (χ3n) is 3.11. The van der Waals surface area contributed by atoms with Crippen LogP contribution in [0, 0.1) is 0 Å². The van der Waals surface area contributed by atoms with Gasteiger partial charge in [0.1, 0.15) is 0 Å². The predicted molar refractivity (Wildman–Crippen MR) is 53.1 cm³/mol. The average molecular weight is 173 g/mol. The highest BCUT2D eigenvalue weighted by Gasteiger charge is 2.33. The Bertz CT molecular complexity index is 322. The minimum atomic E-state index is 0.643. The SMILES string of the molecule is c1ccc2c(c1)NC1CC[N]CC21. The Balaban J connectivity index is 2.01. The number of hydrogen-bond acceptors (Lipinski definition) is 1. The lowest BCUT2D eigenvalue weighted by Crippen LogP contribution is -2.34. The number of rotatable bonds is 0. The molecule has 2 aliphatic rings. The average Bonchev–Trinajstić information content (AvgIpc) is 2.56. The Hall–Kier alpha value is -1.02. The minimum Gasteiger partial charge on any atom is -0.381 e. The Labute approximate surface area is 78.3 Å². The van der Waals surface area contributed by atoms with Crippen molar-refractivity contribution in [3.8, 4) is 0 Å². The highest BCUT2D eigenvalue weighted by Crippen LogP contribution is 2.37. The second kappa shape index (κ2) is 2.74. The molecule has 0 spiro atoms. The van der Waals surface area contributed by atoms with Crippen molar-refractivity contribution in [2.75, 3.05) is 18.4 Å². The Morgan fingerprint density at radius 1 is 1.31 bits per heavy atom. The maximum absolute atomic E-state index is 4.48. The minimum absolute atomic E-state index is 0.643. The van der Waals surface area contributed by atoms with Gasteiger partial charge in [-0.25, -0.2) is 5.32 Å². The fraction of sp³-hybridized carbons (Fsp3) is 0.455. The van der Waals surface area contributed by atoms with Crippen LogP contribution in [0.3, 0.4) is 0 Å². The van der Waals surface area contributed by atoms with Crippen LogP contribution in [0.15, 0.2) is 24.3 Å². The molecule has 1 aromatic rings. The summed E-state index contributed by atoms with van der Waals surface area (Å²) < 4.78 is 0. The summed E-state index contributed by atoms with van der Waals surface area (Å²) in [7, 11) is 0. The fourth-order valence-electron chi connectivity index (χ4n) is 2.43. The number of hydrogen-bond donors (Lipinski definition) is 1. The number of piperidine rings is 1. The molecule has 1 radical (unpaired) electrons. The number of para-hydroxylation sites is 1. The number of fused-ring (bicyclic) bond motifs is 3. The van der Waals surface area contributed by atoms with Gasteiger partial charge in [0.15, 0.2) is 0 Å². The summed E-state index contributed by atoms with van der Waals surface area (Å²) in [5.74, 6) is 0.643. The summed E-state index contributed by atoms with van der Waals surface area (Å²) in [5.41, 5.74) is 2.80. The normalized spacial score (nSPS) is 30.5. The lowest BCUT2D eigenvalue weighted by atomic mass is 9.91. The molecule has 0 saturated carbocycles. The Kier molecular flexibility index (Phi) is 1.56. The van der Waals surface area contributed by atoms with Crippen LogP contribution in [0.2, 0.25) is 0 Å². The molecule has 0 bridgehead atoms. The van der Waals surface area contributed by atoms with Crippen molar-refractivity contribution in [3.63, 3.8) is 0 Å². The first-order valence-electron chi connectivity index (χ1n) is 4.94. The summed E-state index contributed by atoms with van der Waals surface area (Å²) in [6.07, 6.45) is 1.19. The van der Waals surface area contributed by atoms with E-state index in [1.54, 1.807) is 0 Å². The zero-order chi connectivity index (χ0) is 8.67. The molecule has 0 aliphatic carbocycles. The first-order valence-corrected chi connectivity index (χ1v) is 4.94. The molecule has 13 heavy (non-hydrogen) atoms. The van der Waals surface area contributed by atoms with Crippen LogP contribution in [-0.2, 0) is 0 Å². The van der Waals surface area contributed by atoms with Crippen LogP contribution in [0.4, 0.5) is 5.69 Å². The molecular weight excluding hydrogens is 160 g/mol. The van der Waals surface area contributed by atoms with E-state index in [-0.39, 0.29) is 0 Å². The number of nitrogens with one attached hydrogen (secondary N) is 1. The van der Waals surface area contributed by atoms with Gasteiger partial charge in [0.2, 0.25) is 0 Å². The van der Waals surface area contributed by atoms with Gasteiger partial charge >= 0.3 is 0 Å². The van der Waals surface area contributed by atoms with Gasteiger partial charge in [-0.2, -0.15) is 0 Å². The van der Waals surface area contributed by atoms with Crippen molar-refractivity contribution in [1.82, 2.24) is 5.32 Å². The lowest BCUT2D eigenvalue weighted by molar-refractivity contribution is 0.433. The van der Waals surface area contributed by atoms with Gasteiger partial charge in [-0.3, -0.25) is 0 Å². The Morgan fingerprint density at radius 3 is 3.23 bits per heavy atom. The highest BCUT2D eigenvalue weighted by molar-refractivity contribution is 5.59. The van der Waals surface area contributed by atoms with Gasteiger partial charge < -0.3 is 5.32 Å². The number of anilines is 1. The van der Waals surface area contributed by atoms with Crippen LogP contribution in [-0.4, -0.2) is 19.1 Å². The van der Waals surface area contributed by atoms with E-state index in [4.69, 9.17) is 0 Å². The van der Waals surface area contributed by atoms with Crippen LogP contribution in [0.5, 0.6) is 0 Å². The number of benzene rings is 1. The lowest BCUT2D eigenvalue weighted by Gasteiger charge is -2.25. The summed E-state index contributed by atoms with van der Waals surface area (Å²) in [6.45, 7) is 2.04. The standard InChI is InChI=1S/C11H13N2/c1-2-4-10-8(3-1)9-7-12-6-5-11(9)13-10/h1-4,9,11,13H,5-7H2. The van der Waals surface area contributed by atoms with Gasteiger partial charge in [0.05, 0.1) is 0 Å². The first-order chi connectivity index (χ1) is 6.45. The molecule has 1 fully saturated rings. The van der Waals surface area contributed by atoms with Crippen molar-refractivity contribution >= 4 is 5.69 Å². The van der Waals surface area contributed by atoms with Gasteiger partial charge in [-0.1, -0.05) is 18.2 Å². The molecule has 2 aliphatic heterocycles. The molecule has 1 aromatic carbocycles. The molecule has 0 aromatic heterocycles. The smallest absolute Gasteiger partial charge is 0.0379 e. The number of nitrogens with zero attached hydrogens (tertiary/aromatic N) is 1. The van der Waals surface area contributed by atoms with E-state index in [0.29, 0.717) is 12.0 Å². The predicted octanol–water partition coefficient (Wildman–Crippen LogP) is 1.57. The van der Waals surface area contributed by atoms with E-state index < -0.39 is 0 Å². The molecule has 1 N–H and O–H groups in total. The highest BCUT2D eigenvalue weighted by atomic mass is 15.0. The van der Waals surface area contributed by atoms with Crippen molar-refractivity contribution in [1.29, 1.82) is 0 Å². The van der Waals surface area contributed by atoms with E-state index in [9.17, 15) is 0 Å². The molecule has 2 heteroatoms. The maximum Gasteiger partial charge on any atom is 0.0379 e. The molecule has 1 saturated heterocycles. The van der Waals surface area contributed by atoms with E-state index in [1.165, 1.54) is 17.7 Å². The fourth-order valence-corrected chi connectivity index (χ4v) is 2.43. The van der Waals surface area contributed by atoms with Crippen LogP contribution in [0.1, 0.15) is 17.9 Å². The summed E-state index contributed by atoms with van der Waals surface area (Å²) in [5, 5.41) is 8.06. The van der Waals surface area contributed by atoms with Crippen molar-refractivity contribution in [2.24, 2.45) is 0 Å². The summed E-state index contributed by atoms with van der Waals surface area (Å²) in [4.78, 5) is 0. The molecule has 3 rings (SSSR count). The van der Waals surface area contributed by atoms with Gasteiger partial charge in [-0.15, -0.1) is 0 Å². The third kappa shape index (κ3) is 1.05. The maximum atomic E-state index is 4.48. The van der Waals surface area contributed by atoms with E-state index >= 15 is 0 Å². The molecule has 2 heterocycles. The molecule has 2 atom stereocenters. The van der Waals surface area contributed by atoms with Gasteiger partial charge in [0, 0.05) is 30.7 Å². The molecule has 2 nitrogen and oxygen atoms in total. The van der Waals surface area contributed by atoms with E-state index in [1.807, 2.05) is 0 Å². The van der Waals surface area contributed by atoms with Crippen molar-refractivity contribution < 1.29 is 0 Å². The van der Waals surface area contributed by atoms with Crippen LogP contribution < -0.4 is 10.6 Å². The molecule has 2 unspecified atom stereocenters. The van der Waals surface area contributed by atoms with Crippen molar-refractivity contribution in [3.05, 3.63) is 29.8 Å². The molecule has 0 amide bonds. The first kappa shape index (κ1) is 7.39. The second-order valence-electron chi connectivity index (χ2n) is 3.86. The van der Waals surface area contributed by atoms with Gasteiger partial charge in [0.25, 0.3) is 0 Å². The summed E-state index contributed by atoms with van der Waals surface area (Å²) in [6, 6.07) is 9.27. The molecular formula is C11H13N2. The zero-order valence-electron chi connectivity index (χ0n) is 7.53. The van der Waals surface area contributed by atoms with Crippen LogP contribution in [0.25, 0.3) is 0 Å².